The van der Waals surface area contributed by atoms with E-state index in [2.05, 4.69) is 5.32 Å². The van der Waals surface area contributed by atoms with Crippen molar-refractivity contribution in [2.75, 3.05) is 32.6 Å². The van der Waals surface area contributed by atoms with Gasteiger partial charge in [0.1, 0.15) is 0 Å². The molecule has 0 radical (unpaired) electrons. The number of hydrogen-bond acceptors (Lipinski definition) is 7. The summed E-state index contributed by atoms with van der Waals surface area (Å²) in [6.45, 7) is 2.87. The van der Waals surface area contributed by atoms with Crippen molar-refractivity contribution < 1.29 is 24.0 Å². The minimum Gasteiger partial charge on any atom is -0.465 e. The Hall–Kier alpha value is -2.13. The Labute approximate surface area is 144 Å². The third kappa shape index (κ3) is 6.55. The van der Waals surface area contributed by atoms with Crippen LogP contribution in [0.1, 0.15) is 23.7 Å². The number of nitro groups is 1. The van der Waals surface area contributed by atoms with E-state index < -0.39 is 16.8 Å². The Morgan fingerprint density at radius 2 is 2.12 bits per heavy atom. The van der Waals surface area contributed by atoms with E-state index in [1.165, 1.54) is 18.2 Å². The highest BCUT2D eigenvalue weighted by atomic mass is 32.2. The summed E-state index contributed by atoms with van der Waals surface area (Å²) in [7, 11) is 1.57. The normalized spacial score (nSPS) is 10.2. The second-order valence-electron chi connectivity index (χ2n) is 4.64. The minimum atomic E-state index is -0.574. The molecule has 1 amide bonds. The first-order valence-electron chi connectivity index (χ1n) is 7.33. The summed E-state index contributed by atoms with van der Waals surface area (Å²) in [6, 6.07) is 4.16. The lowest BCUT2D eigenvalue weighted by molar-refractivity contribution is -0.387. The zero-order valence-electron chi connectivity index (χ0n) is 13.6. The molecule has 0 aliphatic rings. The summed E-state index contributed by atoms with van der Waals surface area (Å²) in [5.74, 6) is -0.870. The minimum absolute atomic E-state index is 0.0305. The summed E-state index contributed by atoms with van der Waals surface area (Å²) in [4.78, 5) is 34.3. The van der Waals surface area contributed by atoms with Gasteiger partial charge in [0.2, 0.25) is 0 Å². The quantitative estimate of drug-likeness (QED) is 0.225. The van der Waals surface area contributed by atoms with E-state index in [-0.39, 0.29) is 23.6 Å². The standard InChI is InChI=1S/C15H20N2O6S/c1-3-23-14(18)10-24-13-6-5-11(9-12(13)17(20)21)15(19)16-7-4-8-22-2/h5-6,9H,3-4,7-8,10H2,1-2H3,(H,16,19). The van der Waals surface area contributed by atoms with Crippen molar-refractivity contribution in [1.29, 1.82) is 0 Å². The fourth-order valence-electron chi connectivity index (χ4n) is 1.78. The summed E-state index contributed by atoms with van der Waals surface area (Å²) in [5, 5.41) is 13.9. The molecule has 0 aliphatic carbocycles. The molecule has 1 N–H and O–H groups in total. The van der Waals surface area contributed by atoms with Crippen molar-refractivity contribution in [2.24, 2.45) is 0 Å². The van der Waals surface area contributed by atoms with Gasteiger partial charge in [-0.25, -0.2) is 0 Å². The highest BCUT2D eigenvalue weighted by molar-refractivity contribution is 8.00. The lowest BCUT2D eigenvalue weighted by Gasteiger charge is -2.07. The van der Waals surface area contributed by atoms with Crippen LogP contribution in [0.4, 0.5) is 5.69 Å². The third-order valence-electron chi connectivity index (χ3n) is 2.88. The van der Waals surface area contributed by atoms with E-state index in [4.69, 9.17) is 9.47 Å². The largest absolute Gasteiger partial charge is 0.465 e. The average Bonchev–Trinajstić information content (AvgIpc) is 2.56. The van der Waals surface area contributed by atoms with Crippen LogP contribution in [-0.4, -0.2) is 49.4 Å². The highest BCUT2D eigenvalue weighted by Gasteiger charge is 2.19. The summed E-state index contributed by atoms with van der Waals surface area (Å²) in [5.41, 5.74) is -0.0200. The Morgan fingerprint density at radius 1 is 1.38 bits per heavy atom. The molecule has 24 heavy (non-hydrogen) atoms. The van der Waals surface area contributed by atoms with E-state index >= 15 is 0 Å². The number of ether oxygens (including phenoxy) is 2. The van der Waals surface area contributed by atoms with Crippen LogP contribution in [0, 0.1) is 10.1 Å². The molecular weight excluding hydrogens is 336 g/mol. The highest BCUT2D eigenvalue weighted by Crippen LogP contribution is 2.30. The lowest BCUT2D eigenvalue weighted by Crippen LogP contribution is -2.25. The van der Waals surface area contributed by atoms with Gasteiger partial charge in [0, 0.05) is 31.9 Å². The van der Waals surface area contributed by atoms with Crippen LogP contribution in [0.25, 0.3) is 0 Å². The lowest BCUT2D eigenvalue weighted by atomic mass is 10.2. The van der Waals surface area contributed by atoms with Crippen molar-refractivity contribution in [3.05, 3.63) is 33.9 Å². The van der Waals surface area contributed by atoms with E-state index in [0.717, 1.165) is 11.8 Å². The maximum absolute atomic E-state index is 12.0. The molecule has 0 fully saturated rings. The summed E-state index contributed by atoms with van der Waals surface area (Å²) >= 11 is 1.00. The molecule has 0 heterocycles. The maximum atomic E-state index is 12.0. The first-order chi connectivity index (χ1) is 11.5. The summed E-state index contributed by atoms with van der Waals surface area (Å²) < 4.78 is 9.66. The monoisotopic (exact) mass is 356 g/mol. The van der Waals surface area contributed by atoms with Gasteiger partial charge >= 0.3 is 5.97 Å². The van der Waals surface area contributed by atoms with Crippen LogP contribution in [0.5, 0.6) is 0 Å². The molecule has 0 aliphatic heterocycles. The molecule has 0 bridgehead atoms. The zero-order chi connectivity index (χ0) is 17.9. The molecule has 1 aromatic rings. The molecule has 0 saturated carbocycles. The molecule has 0 unspecified atom stereocenters. The molecular formula is C15H20N2O6S. The number of nitrogens with zero attached hydrogens (tertiary/aromatic N) is 1. The van der Waals surface area contributed by atoms with Gasteiger partial charge < -0.3 is 14.8 Å². The topological polar surface area (TPSA) is 108 Å². The fourth-order valence-corrected chi connectivity index (χ4v) is 2.59. The zero-order valence-corrected chi connectivity index (χ0v) is 14.4. The van der Waals surface area contributed by atoms with Crippen LogP contribution in [0.3, 0.4) is 0 Å². The number of thioether (sulfide) groups is 1. The Balaban J connectivity index is 2.77. The van der Waals surface area contributed by atoms with Gasteiger partial charge in [-0.2, -0.15) is 0 Å². The number of hydrogen-bond donors (Lipinski definition) is 1. The number of rotatable bonds is 10. The second-order valence-corrected chi connectivity index (χ2v) is 5.65. The number of esters is 1. The second kappa shape index (κ2) is 10.6. The predicted octanol–water partition coefficient (Wildman–Crippen LogP) is 2.02. The number of nitro benzene ring substituents is 1. The van der Waals surface area contributed by atoms with Crippen LogP contribution in [-0.2, 0) is 14.3 Å². The molecule has 9 heteroatoms. The molecule has 8 nitrogen and oxygen atoms in total. The van der Waals surface area contributed by atoms with Gasteiger partial charge in [0.25, 0.3) is 11.6 Å². The van der Waals surface area contributed by atoms with Crippen molar-refractivity contribution >= 4 is 29.3 Å². The Kier molecular flexibility index (Phi) is 8.80. The average molecular weight is 356 g/mol. The molecule has 1 aromatic carbocycles. The van der Waals surface area contributed by atoms with Crippen LogP contribution in [0.2, 0.25) is 0 Å². The van der Waals surface area contributed by atoms with Crippen LogP contribution in [0.15, 0.2) is 23.1 Å². The van der Waals surface area contributed by atoms with Gasteiger partial charge in [-0.1, -0.05) is 0 Å². The van der Waals surface area contributed by atoms with E-state index in [9.17, 15) is 19.7 Å². The first kappa shape index (κ1) is 19.9. The molecule has 0 spiro atoms. The van der Waals surface area contributed by atoms with Crippen LogP contribution < -0.4 is 5.32 Å². The molecule has 0 aromatic heterocycles. The van der Waals surface area contributed by atoms with Gasteiger partial charge in [-0.3, -0.25) is 19.7 Å². The van der Waals surface area contributed by atoms with Gasteiger partial charge in [0.05, 0.1) is 22.2 Å². The Bertz CT molecular complexity index is 593. The Morgan fingerprint density at radius 3 is 2.75 bits per heavy atom. The SMILES string of the molecule is CCOC(=O)CSc1ccc(C(=O)NCCCOC)cc1[N+](=O)[O-]. The molecule has 0 saturated heterocycles. The smallest absolute Gasteiger partial charge is 0.316 e. The number of carbonyl (C=O) groups is 2. The molecule has 0 atom stereocenters. The van der Waals surface area contributed by atoms with Crippen molar-refractivity contribution in [3.63, 3.8) is 0 Å². The van der Waals surface area contributed by atoms with E-state index in [1.807, 2.05) is 0 Å². The number of benzene rings is 1. The first-order valence-corrected chi connectivity index (χ1v) is 8.32. The van der Waals surface area contributed by atoms with Crippen LogP contribution >= 0.6 is 11.8 Å². The van der Waals surface area contributed by atoms with Crippen molar-refractivity contribution in [3.8, 4) is 0 Å². The van der Waals surface area contributed by atoms with Crippen molar-refractivity contribution in [1.82, 2.24) is 5.32 Å². The molecule has 1 rings (SSSR count). The van der Waals surface area contributed by atoms with Gasteiger partial charge in [-0.15, -0.1) is 11.8 Å². The predicted molar refractivity (Wildman–Crippen MR) is 89.3 cm³/mol. The van der Waals surface area contributed by atoms with E-state index in [0.29, 0.717) is 24.5 Å². The number of amides is 1. The van der Waals surface area contributed by atoms with Crippen molar-refractivity contribution in [2.45, 2.75) is 18.2 Å². The number of methoxy groups -OCH3 is 1. The van der Waals surface area contributed by atoms with Gasteiger partial charge in [0.15, 0.2) is 0 Å². The number of nitrogens with one attached hydrogen (secondary N) is 1. The fraction of sp³-hybridized carbons (Fsp3) is 0.467. The summed E-state index contributed by atoms with van der Waals surface area (Å²) in [6.07, 6.45) is 0.651. The van der Waals surface area contributed by atoms with Gasteiger partial charge in [-0.05, 0) is 25.5 Å². The number of carbonyl (C=O) groups excluding carboxylic acids is 2. The third-order valence-corrected chi connectivity index (χ3v) is 3.92. The molecule has 132 valence electrons. The maximum Gasteiger partial charge on any atom is 0.316 e. The van der Waals surface area contributed by atoms with E-state index in [1.54, 1.807) is 14.0 Å².